The maximum absolute atomic E-state index is 13.4. The molecule has 4 rings (SSSR count). The average molecular weight is 454 g/mol. The zero-order valence-corrected chi connectivity index (χ0v) is 17.9. The van der Waals surface area contributed by atoms with Crippen molar-refractivity contribution in [1.29, 1.82) is 0 Å². The number of aromatic nitrogens is 4. The summed E-state index contributed by atoms with van der Waals surface area (Å²) in [5, 5.41) is 9.91. The zero-order valence-electron chi connectivity index (χ0n) is 17.9. The molecule has 0 aliphatic carbocycles. The van der Waals surface area contributed by atoms with Gasteiger partial charge in [-0.05, 0) is 49.2 Å². The van der Waals surface area contributed by atoms with Crippen molar-refractivity contribution in [2.45, 2.75) is 26.4 Å². The number of carbonyl (C=O) groups excluding carboxylic acids is 1. The van der Waals surface area contributed by atoms with Crippen LogP contribution in [0.2, 0.25) is 0 Å². The Morgan fingerprint density at radius 2 is 1.94 bits per heavy atom. The van der Waals surface area contributed by atoms with Crippen LogP contribution in [-0.4, -0.2) is 32.2 Å². The lowest BCUT2D eigenvalue weighted by molar-refractivity contribution is -0.140. The van der Waals surface area contributed by atoms with Crippen LogP contribution in [0.15, 0.2) is 54.9 Å². The first-order valence-corrected chi connectivity index (χ1v) is 10.3. The normalized spacial score (nSPS) is 11.5. The Morgan fingerprint density at radius 3 is 2.70 bits per heavy atom. The maximum atomic E-state index is 13.4. The number of nitrogens with zero attached hydrogens (tertiary/aromatic N) is 4. The minimum absolute atomic E-state index is 0.109. The number of halogens is 3. The Balaban J connectivity index is 1.68. The molecule has 0 bridgehead atoms. The third-order valence-electron chi connectivity index (χ3n) is 4.99. The molecule has 0 saturated heterocycles. The van der Waals surface area contributed by atoms with Crippen molar-refractivity contribution >= 4 is 17.4 Å². The van der Waals surface area contributed by atoms with Gasteiger partial charge in [0.15, 0.2) is 11.3 Å². The molecular weight excluding hydrogens is 433 g/mol. The zero-order chi connectivity index (χ0) is 23.6. The molecule has 33 heavy (non-hydrogen) atoms. The van der Waals surface area contributed by atoms with E-state index in [0.29, 0.717) is 23.6 Å². The lowest BCUT2D eigenvalue weighted by Crippen LogP contribution is -2.29. The number of anilines is 1. The molecule has 3 heterocycles. The van der Waals surface area contributed by atoms with E-state index in [1.165, 1.54) is 22.7 Å². The first-order valence-electron chi connectivity index (χ1n) is 10.3. The van der Waals surface area contributed by atoms with E-state index in [9.17, 15) is 18.0 Å². The number of imidazole rings is 1. The van der Waals surface area contributed by atoms with E-state index < -0.39 is 11.9 Å². The predicted octanol–water partition coefficient (Wildman–Crippen LogP) is 5.32. The molecule has 0 saturated carbocycles. The number of carbonyl (C=O) groups is 1. The van der Waals surface area contributed by atoms with E-state index in [4.69, 9.17) is 0 Å². The van der Waals surface area contributed by atoms with Gasteiger partial charge in [-0.2, -0.15) is 18.3 Å². The number of urea groups is 1. The van der Waals surface area contributed by atoms with Gasteiger partial charge in [-0.3, -0.25) is 4.98 Å². The second-order valence-corrected chi connectivity index (χ2v) is 7.46. The second kappa shape index (κ2) is 8.89. The summed E-state index contributed by atoms with van der Waals surface area (Å²) in [6, 6.07) is 11.1. The molecule has 2 amide bonds. The van der Waals surface area contributed by atoms with E-state index in [1.54, 1.807) is 18.3 Å². The van der Waals surface area contributed by atoms with Crippen molar-refractivity contribution in [3.05, 3.63) is 66.1 Å². The lowest BCUT2D eigenvalue weighted by atomic mass is 10.1. The van der Waals surface area contributed by atoms with Gasteiger partial charge < -0.3 is 10.6 Å². The van der Waals surface area contributed by atoms with Crippen molar-refractivity contribution in [3.63, 3.8) is 0 Å². The highest BCUT2D eigenvalue weighted by atomic mass is 19.4. The van der Waals surface area contributed by atoms with Gasteiger partial charge in [-0.25, -0.2) is 14.3 Å². The minimum atomic E-state index is -4.60. The average Bonchev–Trinajstić information content (AvgIpc) is 3.22. The van der Waals surface area contributed by atoms with E-state index in [0.717, 1.165) is 23.7 Å². The minimum Gasteiger partial charge on any atom is -0.338 e. The number of pyridine rings is 1. The molecule has 1 aromatic carbocycles. The van der Waals surface area contributed by atoms with Crippen molar-refractivity contribution in [1.82, 2.24) is 24.9 Å². The summed E-state index contributed by atoms with van der Waals surface area (Å²) in [6.45, 7) is 4.41. The predicted molar refractivity (Wildman–Crippen MR) is 119 cm³/mol. The van der Waals surface area contributed by atoms with Crippen molar-refractivity contribution in [3.8, 4) is 22.5 Å². The summed E-state index contributed by atoms with van der Waals surface area (Å²) in [7, 11) is 0. The molecule has 0 radical (unpaired) electrons. The van der Waals surface area contributed by atoms with E-state index >= 15 is 0 Å². The molecule has 0 aliphatic rings. The first-order chi connectivity index (χ1) is 15.8. The van der Waals surface area contributed by atoms with Crippen LogP contribution in [0.1, 0.15) is 24.6 Å². The van der Waals surface area contributed by atoms with E-state index in [-0.39, 0.29) is 17.3 Å². The third kappa shape index (κ3) is 4.79. The standard InChI is InChI=1S/C23H21F3N6O/c1-3-10-28-22(33)30-18-12-15(7-6-14(18)2)19-13-32-20(29-19)9-8-17(31-32)16-5-4-11-27-21(16)23(24,25)26/h4-9,11-13H,3,10H2,1-2H3,(H2,28,30,33). The maximum Gasteiger partial charge on any atom is 0.434 e. The number of hydrogen-bond donors (Lipinski definition) is 2. The number of amides is 2. The highest BCUT2D eigenvalue weighted by Crippen LogP contribution is 2.34. The molecule has 0 fully saturated rings. The van der Waals surface area contributed by atoms with E-state index in [2.05, 4.69) is 25.7 Å². The van der Waals surface area contributed by atoms with Crippen molar-refractivity contribution in [2.75, 3.05) is 11.9 Å². The molecule has 10 heteroatoms. The fourth-order valence-corrected chi connectivity index (χ4v) is 3.32. The van der Waals surface area contributed by atoms with Gasteiger partial charge in [0.25, 0.3) is 0 Å². The van der Waals surface area contributed by atoms with Gasteiger partial charge in [-0.15, -0.1) is 0 Å². The van der Waals surface area contributed by atoms with Crippen LogP contribution in [0, 0.1) is 6.92 Å². The molecule has 0 unspecified atom stereocenters. The van der Waals surface area contributed by atoms with Gasteiger partial charge >= 0.3 is 12.2 Å². The van der Waals surface area contributed by atoms with Crippen LogP contribution < -0.4 is 10.6 Å². The highest BCUT2D eigenvalue weighted by molar-refractivity contribution is 5.91. The van der Waals surface area contributed by atoms with Crippen molar-refractivity contribution in [2.24, 2.45) is 0 Å². The molecule has 0 aliphatic heterocycles. The number of benzene rings is 1. The smallest absolute Gasteiger partial charge is 0.338 e. The molecule has 0 atom stereocenters. The van der Waals surface area contributed by atoms with Gasteiger partial charge in [0.1, 0.15) is 0 Å². The Bertz CT molecular complexity index is 1320. The molecular formula is C23H21F3N6O. The summed E-state index contributed by atoms with van der Waals surface area (Å²) >= 11 is 0. The summed E-state index contributed by atoms with van der Waals surface area (Å²) in [6.07, 6.45) is -1.03. The van der Waals surface area contributed by atoms with Crippen LogP contribution in [-0.2, 0) is 6.18 Å². The van der Waals surface area contributed by atoms with E-state index in [1.807, 2.05) is 26.0 Å². The molecule has 4 aromatic rings. The van der Waals surface area contributed by atoms with Crippen LogP contribution in [0.4, 0.5) is 23.7 Å². The highest BCUT2D eigenvalue weighted by Gasteiger charge is 2.35. The molecule has 170 valence electrons. The SMILES string of the molecule is CCCNC(=O)Nc1cc(-c2cn3nc(-c4cccnc4C(F)(F)F)ccc3n2)ccc1C. The number of fused-ring (bicyclic) bond motifs is 1. The number of alkyl halides is 3. The first kappa shape index (κ1) is 22.3. The fraction of sp³-hybridized carbons (Fsp3) is 0.217. The summed E-state index contributed by atoms with van der Waals surface area (Å²) < 4.78 is 41.5. The third-order valence-corrected chi connectivity index (χ3v) is 4.99. The Labute approximate surface area is 187 Å². The number of aryl methyl sites for hydroxylation is 1. The summed E-state index contributed by atoms with van der Waals surface area (Å²) in [4.78, 5) is 20.1. The number of nitrogens with one attached hydrogen (secondary N) is 2. The van der Waals surface area contributed by atoms with Gasteiger partial charge in [0.2, 0.25) is 0 Å². The molecule has 7 nitrogen and oxygen atoms in total. The van der Waals surface area contributed by atoms with Crippen LogP contribution >= 0.6 is 0 Å². The molecule has 3 aromatic heterocycles. The Kier molecular flexibility index (Phi) is 5.99. The number of hydrogen-bond acceptors (Lipinski definition) is 4. The number of rotatable bonds is 5. The Morgan fingerprint density at radius 1 is 1.12 bits per heavy atom. The lowest BCUT2D eigenvalue weighted by Gasteiger charge is -2.10. The quantitative estimate of drug-likeness (QED) is 0.428. The van der Waals surface area contributed by atoms with Gasteiger partial charge in [-0.1, -0.05) is 19.1 Å². The summed E-state index contributed by atoms with van der Waals surface area (Å²) in [5.74, 6) is 0. The summed E-state index contributed by atoms with van der Waals surface area (Å²) in [5.41, 5.74) is 2.32. The van der Waals surface area contributed by atoms with Gasteiger partial charge in [0.05, 0.1) is 17.6 Å². The largest absolute Gasteiger partial charge is 0.434 e. The van der Waals surface area contributed by atoms with Crippen LogP contribution in [0.5, 0.6) is 0 Å². The topological polar surface area (TPSA) is 84.2 Å². The monoisotopic (exact) mass is 454 g/mol. The van der Waals surface area contributed by atoms with Crippen LogP contribution in [0.3, 0.4) is 0 Å². The van der Waals surface area contributed by atoms with Gasteiger partial charge in [0, 0.05) is 29.6 Å². The van der Waals surface area contributed by atoms with Crippen LogP contribution in [0.25, 0.3) is 28.2 Å². The molecule has 0 spiro atoms. The van der Waals surface area contributed by atoms with Crippen molar-refractivity contribution < 1.29 is 18.0 Å². The second-order valence-electron chi connectivity index (χ2n) is 7.46. The fourth-order valence-electron chi connectivity index (χ4n) is 3.32. The molecule has 2 N–H and O–H groups in total. The Hall–Kier alpha value is -3.95.